The molecule has 0 aliphatic carbocycles. The first kappa shape index (κ1) is 17.9. The third-order valence-electron chi connectivity index (χ3n) is 5.36. The van der Waals surface area contributed by atoms with Gasteiger partial charge in [0, 0.05) is 56.5 Å². The summed E-state index contributed by atoms with van der Waals surface area (Å²) in [5.74, 6) is 2.14. The van der Waals surface area contributed by atoms with Crippen LogP contribution in [-0.4, -0.2) is 41.3 Å². The van der Waals surface area contributed by atoms with Crippen molar-refractivity contribution in [1.82, 2.24) is 14.5 Å². The Hall–Kier alpha value is -2.47. The summed E-state index contributed by atoms with van der Waals surface area (Å²) in [6.07, 6.45) is 6.09. The van der Waals surface area contributed by atoms with Crippen molar-refractivity contribution in [3.05, 3.63) is 53.9 Å². The third-order valence-corrected chi connectivity index (χ3v) is 5.36. The highest BCUT2D eigenvalue weighted by Crippen LogP contribution is 2.30. The lowest BCUT2D eigenvalue weighted by atomic mass is 9.97. The molecule has 1 aromatic carbocycles. The van der Waals surface area contributed by atoms with Gasteiger partial charge in [-0.1, -0.05) is 0 Å². The summed E-state index contributed by atoms with van der Waals surface area (Å²) >= 11 is 0. The van der Waals surface area contributed by atoms with Gasteiger partial charge in [-0.3, -0.25) is 0 Å². The van der Waals surface area contributed by atoms with Gasteiger partial charge in [0.25, 0.3) is 0 Å². The van der Waals surface area contributed by atoms with Gasteiger partial charge in [0.2, 0.25) is 0 Å². The quantitative estimate of drug-likeness (QED) is 0.685. The van der Waals surface area contributed by atoms with Gasteiger partial charge in [0.05, 0.1) is 12.1 Å². The molecule has 5 nitrogen and oxygen atoms in total. The maximum absolute atomic E-state index is 13.7. The number of ether oxygens (including phenoxy) is 1. The van der Waals surface area contributed by atoms with Crippen molar-refractivity contribution in [2.75, 3.05) is 31.7 Å². The molecule has 2 aromatic heterocycles. The molecule has 1 aliphatic heterocycles. The highest BCUT2D eigenvalue weighted by Gasteiger charge is 2.25. The van der Waals surface area contributed by atoms with E-state index in [1.807, 2.05) is 18.5 Å². The van der Waals surface area contributed by atoms with Crippen molar-refractivity contribution in [1.29, 1.82) is 0 Å². The number of aryl methyl sites for hydroxylation is 1. The fraction of sp³-hybridized carbons (Fsp3) is 0.429. The lowest BCUT2D eigenvalue weighted by Gasteiger charge is -2.34. The van der Waals surface area contributed by atoms with Crippen LogP contribution < -0.4 is 4.90 Å². The molecule has 142 valence electrons. The van der Waals surface area contributed by atoms with Crippen LogP contribution in [0, 0.1) is 12.7 Å². The van der Waals surface area contributed by atoms with E-state index in [1.54, 1.807) is 7.11 Å². The van der Waals surface area contributed by atoms with Gasteiger partial charge in [-0.05, 0) is 43.5 Å². The van der Waals surface area contributed by atoms with Crippen LogP contribution in [0.15, 0.2) is 36.7 Å². The first-order chi connectivity index (χ1) is 13.2. The van der Waals surface area contributed by atoms with Gasteiger partial charge in [-0.2, -0.15) is 0 Å². The summed E-state index contributed by atoms with van der Waals surface area (Å²) in [5.41, 5.74) is 1.84. The average Bonchev–Trinajstić information content (AvgIpc) is 3.14. The second kappa shape index (κ2) is 7.64. The predicted molar refractivity (Wildman–Crippen MR) is 105 cm³/mol. The van der Waals surface area contributed by atoms with Crippen molar-refractivity contribution in [2.24, 2.45) is 0 Å². The normalized spacial score (nSPS) is 17.6. The molecule has 1 fully saturated rings. The Labute approximate surface area is 158 Å². The summed E-state index contributed by atoms with van der Waals surface area (Å²) < 4.78 is 21.1. The highest BCUT2D eigenvalue weighted by atomic mass is 19.1. The lowest BCUT2D eigenvalue weighted by Crippen LogP contribution is -2.36. The number of halogens is 1. The van der Waals surface area contributed by atoms with Crippen LogP contribution >= 0.6 is 0 Å². The number of methoxy groups -OCH3 is 1. The number of pyridine rings is 1. The molecule has 0 saturated carbocycles. The second-order valence-corrected chi connectivity index (χ2v) is 7.22. The van der Waals surface area contributed by atoms with Crippen LogP contribution in [0.4, 0.5) is 10.2 Å². The number of anilines is 1. The second-order valence-electron chi connectivity index (χ2n) is 7.22. The van der Waals surface area contributed by atoms with Gasteiger partial charge < -0.3 is 14.2 Å². The molecule has 0 amide bonds. The molecule has 4 rings (SSSR count). The fourth-order valence-corrected chi connectivity index (χ4v) is 3.98. The Kier molecular flexibility index (Phi) is 5.07. The molecule has 27 heavy (non-hydrogen) atoms. The zero-order valence-corrected chi connectivity index (χ0v) is 15.9. The van der Waals surface area contributed by atoms with E-state index < -0.39 is 0 Å². The van der Waals surface area contributed by atoms with E-state index in [2.05, 4.69) is 27.4 Å². The smallest absolute Gasteiger partial charge is 0.129 e. The van der Waals surface area contributed by atoms with E-state index in [9.17, 15) is 4.39 Å². The van der Waals surface area contributed by atoms with E-state index in [1.165, 1.54) is 12.1 Å². The number of nitrogens with zero attached hydrogens (tertiary/aromatic N) is 4. The Morgan fingerprint density at radius 2 is 2.19 bits per heavy atom. The summed E-state index contributed by atoms with van der Waals surface area (Å²) in [4.78, 5) is 11.7. The highest BCUT2D eigenvalue weighted by molar-refractivity contribution is 5.84. The van der Waals surface area contributed by atoms with Gasteiger partial charge in [-0.15, -0.1) is 0 Å². The number of rotatable bonds is 5. The SMILES string of the molecule is COCCn1ccnc1C1CCCN(c2cc(C)c3ccc(F)cc3n2)C1. The largest absolute Gasteiger partial charge is 0.383 e. The molecular formula is C21H25FN4O. The Morgan fingerprint density at radius 1 is 1.30 bits per heavy atom. The summed E-state index contributed by atoms with van der Waals surface area (Å²) in [6.45, 7) is 5.38. The monoisotopic (exact) mass is 368 g/mol. The molecule has 1 unspecified atom stereocenters. The molecule has 6 heteroatoms. The fourth-order valence-electron chi connectivity index (χ4n) is 3.98. The van der Waals surface area contributed by atoms with Crippen LogP contribution in [0.5, 0.6) is 0 Å². The van der Waals surface area contributed by atoms with Gasteiger partial charge >= 0.3 is 0 Å². The number of benzene rings is 1. The average molecular weight is 368 g/mol. The van der Waals surface area contributed by atoms with Crippen molar-refractivity contribution in [3.8, 4) is 0 Å². The molecular weight excluding hydrogens is 343 g/mol. The Balaban J connectivity index is 1.60. The van der Waals surface area contributed by atoms with E-state index in [0.717, 1.165) is 55.1 Å². The maximum Gasteiger partial charge on any atom is 0.129 e. The summed E-state index contributed by atoms with van der Waals surface area (Å²) in [7, 11) is 1.72. The van der Waals surface area contributed by atoms with Crippen molar-refractivity contribution >= 4 is 16.7 Å². The maximum atomic E-state index is 13.7. The van der Waals surface area contributed by atoms with Crippen molar-refractivity contribution in [3.63, 3.8) is 0 Å². The zero-order valence-electron chi connectivity index (χ0n) is 15.9. The minimum Gasteiger partial charge on any atom is -0.383 e. The van der Waals surface area contributed by atoms with E-state index >= 15 is 0 Å². The third kappa shape index (κ3) is 3.67. The molecule has 0 radical (unpaired) electrons. The van der Waals surface area contributed by atoms with Crippen LogP contribution in [0.2, 0.25) is 0 Å². The minimum atomic E-state index is -0.247. The number of imidazole rings is 1. The molecule has 1 saturated heterocycles. The van der Waals surface area contributed by atoms with Gasteiger partial charge in [-0.25, -0.2) is 14.4 Å². The summed E-state index contributed by atoms with van der Waals surface area (Å²) in [5, 5.41) is 1.00. The van der Waals surface area contributed by atoms with Crippen molar-refractivity contribution in [2.45, 2.75) is 32.2 Å². The van der Waals surface area contributed by atoms with Crippen LogP contribution in [0.25, 0.3) is 10.9 Å². The van der Waals surface area contributed by atoms with E-state index in [0.29, 0.717) is 18.0 Å². The summed E-state index contributed by atoms with van der Waals surface area (Å²) in [6, 6.07) is 6.93. The van der Waals surface area contributed by atoms with E-state index in [4.69, 9.17) is 9.72 Å². The molecule has 0 spiro atoms. The molecule has 3 aromatic rings. The standard InChI is InChI=1S/C21H25FN4O/c1-15-12-20(24-19-13-17(22)5-6-18(15)19)26-8-3-4-16(14-26)21-23-7-9-25(21)10-11-27-2/h5-7,9,12-13,16H,3-4,8,10-11,14H2,1-2H3. The van der Waals surface area contributed by atoms with Crippen molar-refractivity contribution < 1.29 is 9.13 Å². The topological polar surface area (TPSA) is 43.2 Å². The van der Waals surface area contributed by atoms with Crippen LogP contribution in [0.3, 0.4) is 0 Å². The minimum absolute atomic E-state index is 0.247. The predicted octanol–water partition coefficient (Wildman–Crippen LogP) is 3.91. The molecule has 3 heterocycles. The van der Waals surface area contributed by atoms with Gasteiger partial charge in [0.15, 0.2) is 0 Å². The van der Waals surface area contributed by atoms with Crippen LogP contribution in [-0.2, 0) is 11.3 Å². The van der Waals surface area contributed by atoms with Gasteiger partial charge in [0.1, 0.15) is 17.5 Å². The molecule has 1 aliphatic rings. The Bertz CT molecular complexity index is 939. The molecule has 0 bridgehead atoms. The number of fused-ring (bicyclic) bond motifs is 1. The lowest BCUT2D eigenvalue weighted by molar-refractivity contribution is 0.185. The van der Waals surface area contributed by atoms with Crippen LogP contribution in [0.1, 0.15) is 30.1 Å². The molecule has 1 atom stereocenters. The van der Waals surface area contributed by atoms with E-state index in [-0.39, 0.29) is 5.82 Å². The first-order valence-electron chi connectivity index (χ1n) is 9.47. The number of hydrogen-bond donors (Lipinski definition) is 0. The Morgan fingerprint density at radius 3 is 3.04 bits per heavy atom. The number of piperidine rings is 1. The number of hydrogen-bond acceptors (Lipinski definition) is 4. The number of aromatic nitrogens is 3. The molecule has 0 N–H and O–H groups in total. The first-order valence-corrected chi connectivity index (χ1v) is 9.47. The zero-order chi connectivity index (χ0) is 18.8.